The Hall–Kier alpha value is -0.780. The zero-order valence-corrected chi connectivity index (χ0v) is 12.8. The van der Waals surface area contributed by atoms with Gasteiger partial charge >= 0.3 is 0 Å². The minimum absolute atomic E-state index is 0.0718. The summed E-state index contributed by atoms with van der Waals surface area (Å²) in [5.74, 6) is -1.06. The first-order chi connectivity index (χ1) is 9.08. The van der Waals surface area contributed by atoms with E-state index in [0.29, 0.717) is 12.0 Å². The second-order valence-electron chi connectivity index (χ2n) is 4.23. The first kappa shape index (κ1) is 14.6. The molecule has 1 atom stereocenters. The Morgan fingerprint density at radius 3 is 2.42 bits per heavy atom. The number of hydrogen-bond acceptors (Lipinski definition) is 2. The van der Waals surface area contributed by atoms with Gasteiger partial charge in [0.1, 0.15) is 11.6 Å². The van der Waals surface area contributed by atoms with Crippen LogP contribution in [-0.2, 0) is 6.42 Å². The monoisotopic (exact) mass is 345 g/mol. The molecule has 0 fully saturated rings. The van der Waals surface area contributed by atoms with Gasteiger partial charge in [-0.3, -0.25) is 0 Å². The molecule has 0 bridgehead atoms. The van der Waals surface area contributed by atoms with Crippen molar-refractivity contribution < 1.29 is 8.78 Å². The van der Waals surface area contributed by atoms with Crippen molar-refractivity contribution in [2.45, 2.75) is 19.4 Å². The van der Waals surface area contributed by atoms with E-state index >= 15 is 0 Å². The van der Waals surface area contributed by atoms with Crippen molar-refractivity contribution in [1.82, 2.24) is 5.32 Å². The molecule has 2 aromatic rings. The van der Waals surface area contributed by atoms with Gasteiger partial charge in [-0.15, -0.1) is 11.3 Å². The van der Waals surface area contributed by atoms with Gasteiger partial charge in [0.2, 0.25) is 0 Å². The average Bonchev–Trinajstić information content (AvgIpc) is 2.74. The van der Waals surface area contributed by atoms with E-state index in [1.807, 2.05) is 19.1 Å². The molecule has 0 amide bonds. The molecule has 0 saturated carbocycles. The number of benzene rings is 1. The molecule has 0 aliphatic carbocycles. The molecule has 5 heteroatoms. The molecule has 0 spiro atoms. The van der Waals surface area contributed by atoms with Crippen LogP contribution in [-0.4, -0.2) is 6.54 Å². The minimum Gasteiger partial charge on any atom is -0.309 e. The van der Waals surface area contributed by atoms with Gasteiger partial charge < -0.3 is 5.32 Å². The van der Waals surface area contributed by atoms with Crippen LogP contribution in [0.15, 0.2) is 34.1 Å². The smallest absolute Gasteiger partial charge is 0.126 e. The fourth-order valence-corrected chi connectivity index (χ4v) is 3.50. The summed E-state index contributed by atoms with van der Waals surface area (Å²) in [6.07, 6.45) is 0.565. The average molecular weight is 346 g/mol. The van der Waals surface area contributed by atoms with Crippen LogP contribution in [0, 0.1) is 11.6 Å². The lowest BCUT2D eigenvalue weighted by Gasteiger charge is -2.16. The molecular weight excluding hydrogens is 332 g/mol. The van der Waals surface area contributed by atoms with E-state index in [1.165, 1.54) is 12.1 Å². The summed E-state index contributed by atoms with van der Waals surface area (Å²) >= 11 is 5.06. The first-order valence-corrected chi connectivity index (χ1v) is 7.63. The quantitative estimate of drug-likeness (QED) is 0.829. The van der Waals surface area contributed by atoms with Crippen LogP contribution < -0.4 is 5.32 Å². The van der Waals surface area contributed by atoms with Crippen LogP contribution in [0.1, 0.15) is 23.4 Å². The van der Waals surface area contributed by atoms with Crippen LogP contribution in [0.4, 0.5) is 8.78 Å². The molecule has 0 radical (unpaired) electrons. The van der Waals surface area contributed by atoms with Gasteiger partial charge in [0.05, 0.1) is 3.79 Å². The van der Waals surface area contributed by atoms with Crippen molar-refractivity contribution in [3.63, 3.8) is 0 Å². The summed E-state index contributed by atoms with van der Waals surface area (Å²) in [4.78, 5) is 1.15. The Kier molecular flexibility index (Phi) is 5.07. The van der Waals surface area contributed by atoms with Crippen LogP contribution in [0.3, 0.4) is 0 Å². The van der Waals surface area contributed by atoms with Crippen molar-refractivity contribution in [1.29, 1.82) is 0 Å². The van der Waals surface area contributed by atoms with Gasteiger partial charge in [0, 0.05) is 17.0 Å². The predicted molar refractivity (Wildman–Crippen MR) is 78.5 cm³/mol. The largest absolute Gasteiger partial charge is 0.309 e. The lowest BCUT2D eigenvalue weighted by Crippen LogP contribution is -2.22. The fourth-order valence-electron chi connectivity index (χ4n) is 2.00. The summed E-state index contributed by atoms with van der Waals surface area (Å²) < 4.78 is 27.5. The summed E-state index contributed by atoms with van der Waals surface area (Å²) in [5, 5.41) is 3.34. The number of hydrogen-bond donors (Lipinski definition) is 1. The molecule has 102 valence electrons. The lowest BCUT2D eigenvalue weighted by molar-refractivity contribution is 0.545. The minimum atomic E-state index is -0.530. The van der Waals surface area contributed by atoms with Crippen molar-refractivity contribution >= 4 is 27.3 Å². The van der Waals surface area contributed by atoms with E-state index < -0.39 is 11.6 Å². The highest BCUT2D eigenvalue weighted by atomic mass is 79.9. The third-order valence-corrected chi connectivity index (χ3v) is 4.49. The van der Waals surface area contributed by atoms with E-state index in [4.69, 9.17) is 0 Å². The maximum atomic E-state index is 13.2. The van der Waals surface area contributed by atoms with Gasteiger partial charge in [-0.1, -0.05) is 6.92 Å². The van der Waals surface area contributed by atoms with Gasteiger partial charge in [0.15, 0.2) is 0 Å². The highest BCUT2D eigenvalue weighted by Crippen LogP contribution is 2.29. The summed E-state index contributed by atoms with van der Waals surface area (Å²) in [6.45, 7) is 2.82. The topological polar surface area (TPSA) is 12.0 Å². The molecule has 0 saturated heterocycles. The van der Waals surface area contributed by atoms with E-state index in [-0.39, 0.29) is 6.04 Å². The summed E-state index contributed by atoms with van der Waals surface area (Å²) in [5.41, 5.74) is 0.660. The van der Waals surface area contributed by atoms with Gasteiger partial charge in [-0.05, 0) is 58.7 Å². The first-order valence-electron chi connectivity index (χ1n) is 6.02. The Labute approximate surface area is 123 Å². The molecule has 2 rings (SSSR count). The van der Waals surface area contributed by atoms with E-state index in [2.05, 4.69) is 21.2 Å². The molecule has 1 N–H and O–H groups in total. The highest BCUT2D eigenvalue weighted by molar-refractivity contribution is 9.11. The number of halogens is 3. The Morgan fingerprint density at radius 1 is 1.21 bits per heavy atom. The number of nitrogens with one attached hydrogen (secondary N) is 1. The molecular formula is C14H14BrF2NS. The van der Waals surface area contributed by atoms with Crippen LogP contribution in [0.5, 0.6) is 0 Å². The summed E-state index contributed by atoms with van der Waals surface area (Å²) in [6, 6.07) is 7.75. The maximum Gasteiger partial charge on any atom is 0.126 e. The second kappa shape index (κ2) is 6.59. The van der Waals surface area contributed by atoms with Gasteiger partial charge in [-0.25, -0.2) is 8.78 Å². The zero-order chi connectivity index (χ0) is 13.8. The third-order valence-electron chi connectivity index (χ3n) is 2.75. The maximum absolute atomic E-state index is 13.2. The molecule has 0 aliphatic heterocycles. The van der Waals surface area contributed by atoms with Crippen LogP contribution in [0.2, 0.25) is 0 Å². The fraction of sp³-hybridized carbons (Fsp3) is 0.286. The molecule has 19 heavy (non-hydrogen) atoms. The molecule has 0 aliphatic rings. The SMILES string of the molecule is CCNC(Cc1cc(F)cc(F)c1)c1ccc(Br)s1. The number of thiophene rings is 1. The van der Waals surface area contributed by atoms with Gasteiger partial charge in [0.25, 0.3) is 0 Å². The van der Waals surface area contributed by atoms with Crippen LogP contribution >= 0.6 is 27.3 Å². The van der Waals surface area contributed by atoms with Crippen molar-refractivity contribution in [3.05, 3.63) is 56.2 Å². The Morgan fingerprint density at radius 2 is 1.89 bits per heavy atom. The molecule has 1 aromatic carbocycles. The Balaban J connectivity index is 2.20. The van der Waals surface area contributed by atoms with Crippen molar-refractivity contribution in [2.75, 3.05) is 6.54 Å². The predicted octanol–water partition coefficient (Wildman–Crippen LogP) is 4.68. The molecule has 1 nitrogen and oxygen atoms in total. The zero-order valence-electron chi connectivity index (χ0n) is 10.4. The lowest BCUT2D eigenvalue weighted by atomic mass is 10.0. The summed E-state index contributed by atoms with van der Waals surface area (Å²) in [7, 11) is 0. The Bertz CT molecular complexity index is 536. The normalized spacial score (nSPS) is 12.6. The second-order valence-corrected chi connectivity index (χ2v) is 6.73. The van der Waals surface area contributed by atoms with E-state index in [0.717, 1.165) is 21.3 Å². The number of rotatable bonds is 5. The highest BCUT2D eigenvalue weighted by Gasteiger charge is 2.14. The molecule has 1 aromatic heterocycles. The molecule has 1 heterocycles. The number of likely N-dealkylation sites (N-methyl/N-ethyl adjacent to an activating group) is 1. The standard InChI is InChI=1S/C14H14BrF2NS/c1-2-18-12(13-3-4-14(15)19-13)7-9-5-10(16)8-11(17)6-9/h3-6,8,12,18H,2,7H2,1H3. The third kappa shape index (κ3) is 4.09. The van der Waals surface area contributed by atoms with Crippen molar-refractivity contribution in [2.24, 2.45) is 0 Å². The molecule has 1 unspecified atom stereocenters. The van der Waals surface area contributed by atoms with Gasteiger partial charge in [-0.2, -0.15) is 0 Å². The van der Waals surface area contributed by atoms with Crippen LogP contribution in [0.25, 0.3) is 0 Å². The van der Waals surface area contributed by atoms with Crippen molar-refractivity contribution in [3.8, 4) is 0 Å². The van der Waals surface area contributed by atoms with E-state index in [1.54, 1.807) is 11.3 Å². The van der Waals surface area contributed by atoms with E-state index in [9.17, 15) is 8.78 Å².